The molecule has 0 saturated heterocycles. The Morgan fingerprint density at radius 1 is 1.25 bits per heavy atom. The summed E-state index contributed by atoms with van der Waals surface area (Å²) < 4.78 is 7.45. The van der Waals surface area contributed by atoms with Crippen LogP contribution in [0.15, 0.2) is 40.0 Å². The van der Waals surface area contributed by atoms with Crippen LogP contribution in [0.3, 0.4) is 0 Å². The fraction of sp³-hybridized carbons (Fsp3) is 0.200. The number of nitrogens with two attached hydrogens (primary N) is 1. The van der Waals surface area contributed by atoms with Crippen LogP contribution in [-0.2, 0) is 0 Å². The molecular weight excluding hydrogens is 356 g/mol. The molecule has 0 bridgehead atoms. The molecule has 1 saturated carbocycles. The van der Waals surface area contributed by atoms with Gasteiger partial charge in [0.05, 0.1) is 10.9 Å². The number of aromatic nitrogens is 5. The molecule has 1 aliphatic rings. The normalized spacial score (nSPS) is 14.5. The molecular formula is C20H16N6O2. The van der Waals surface area contributed by atoms with Crippen molar-refractivity contribution in [3.8, 4) is 11.1 Å². The summed E-state index contributed by atoms with van der Waals surface area (Å²) in [5.41, 5.74) is 11.3. The highest BCUT2D eigenvalue weighted by atomic mass is 16.3. The van der Waals surface area contributed by atoms with Crippen LogP contribution in [0.25, 0.3) is 44.2 Å². The predicted octanol–water partition coefficient (Wildman–Crippen LogP) is 3.31. The standard InChI is InChI=1S/C20H16N6O2/c1-9-12(10-6-14-18(21)24-25-19(14)22-7-10)4-5-13-16(9)26(11-2-3-11)20(27)15-17(13)28-8-23-15/h4-8,11H,2-3H2,1H3,(H3,21,22,24,25). The van der Waals surface area contributed by atoms with E-state index >= 15 is 0 Å². The molecule has 0 unspecified atom stereocenters. The average Bonchev–Trinajstić information content (AvgIpc) is 3.28. The Labute approximate surface area is 158 Å². The molecule has 3 N–H and O–H groups in total. The summed E-state index contributed by atoms with van der Waals surface area (Å²) in [5.74, 6) is 0.418. The maximum atomic E-state index is 13.1. The first-order valence-electron chi connectivity index (χ1n) is 9.14. The second-order valence-electron chi connectivity index (χ2n) is 7.30. The second-order valence-corrected chi connectivity index (χ2v) is 7.30. The Kier molecular flexibility index (Phi) is 2.85. The van der Waals surface area contributed by atoms with Crippen molar-refractivity contribution >= 4 is 38.9 Å². The molecule has 1 fully saturated rings. The first-order chi connectivity index (χ1) is 13.6. The number of nitrogen functional groups attached to an aromatic ring is 1. The zero-order chi connectivity index (χ0) is 19.0. The molecule has 0 atom stereocenters. The van der Waals surface area contributed by atoms with E-state index in [-0.39, 0.29) is 11.6 Å². The van der Waals surface area contributed by atoms with Gasteiger partial charge >= 0.3 is 0 Å². The number of hydrogen-bond donors (Lipinski definition) is 2. The molecule has 138 valence electrons. The van der Waals surface area contributed by atoms with Crippen LogP contribution in [0, 0.1) is 6.92 Å². The Bertz CT molecular complexity index is 1470. The van der Waals surface area contributed by atoms with Crippen LogP contribution in [0.1, 0.15) is 24.4 Å². The maximum Gasteiger partial charge on any atom is 0.281 e. The zero-order valence-corrected chi connectivity index (χ0v) is 15.1. The highest BCUT2D eigenvalue weighted by molar-refractivity contribution is 6.04. The van der Waals surface area contributed by atoms with Crippen molar-refractivity contribution in [2.45, 2.75) is 25.8 Å². The third kappa shape index (κ3) is 1.94. The van der Waals surface area contributed by atoms with E-state index < -0.39 is 0 Å². The summed E-state index contributed by atoms with van der Waals surface area (Å²) in [4.78, 5) is 21.7. The van der Waals surface area contributed by atoms with Crippen molar-refractivity contribution in [1.29, 1.82) is 0 Å². The van der Waals surface area contributed by atoms with Gasteiger partial charge in [-0.3, -0.25) is 9.89 Å². The molecule has 0 amide bonds. The van der Waals surface area contributed by atoms with Crippen LogP contribution in [0.4, 0.5) is 5.82 Å². The molecule has 4 heterocycles. The Balaban J connectivity index is 1.71. The number of oxazole rings is 1. The second kappa shape index (κ2) is 5.19. The summed E-state index contributed by atoms with van der Waals surface area (Å²) in [5, 5.41) is 8.51. The van der Waals surface area contributed by atoms with Gasteiger partial charge in [0.1, 0.15) is 0 Å². The largest absolute Gasteiger partial charge is 0.443 e. The predicted molar refractivity (Wildman–Crippen MR) is 106 cm³/mol. The number of hydrogen-bond acceptors (Lipinski definition) is 6. The molecule has 1 aliphatic carbocycles. The van der Waals surface area contributed by atoms with Crippen molar-refractivity contribution in [2.75, 3.05) is 5.73 Å². The Hall–Kier alpha value is -3.68. The van der Waals surface area contributed by atoms with Gasteiger partial charge < -0.3 is 14.7 Å². The van der Waals surface area contributed by atoms with Gasteiger partial charge in [0.25, 0.3) is 5.56 Å². The van der Waals surface area contributed by atoms with Crippen LogP contribution in [0.5, 0.6) is 0 Å². The number of fused-ring (bicyclic) bond motifs is 4. The van der Waals surface area contributed by atoms with Gasteiger partial charge in [-0.1, -0.05) is 6.07 Å². The van der Waals surface area contributed by atoms with Gasteiger partial charge in [-0.15, -0.1) is 0 Å². The molecule has 0 spiro atoms. The lowest BCUT2D eigenvalue weighted by Gasteiger charge is -2.15. The van der Waals surface area contributed by atoms with E-state index in [1.54, 1.807) is 6.20 Å². The fourth-order valence-corrected chi connectivity index (χ4v) is 4.06. The van der Waals surface area contributed by atoms with Crippen molar-refractivity contribution < 1.29 is 4.42 Å². The van der Waals surface area contributed by atoms with Crippen LogP contribution in [-0.4, -0.2) is 24.7 Å². The van der Waals surface area contributed by atoms with Crippen LogP contribution >= 0.6 is 0 Å². The van der Waals surface area contributed by atoms with Gasteiger partial charge in [0, 0.05) is 23.2 Å². The molecule has 8 heteroatoms. The molecule has 0 aliphatic heterocycles. The lowest BCUT2D eigenvalue weighted by atomic mass is 9.97. The van der Waals surface area contributed by atoms with E-state index in [0.29, 0.717) is 22.6 Å². The van der Waals surface area contributed by atoms with Crippen molar-refractivity contribution in [3.63, 3.8) is 0 Å². The first kappa shape index (κ1) is 15.4. The number of rotatable bonds is 2. The monoisotopic (exact) mass is 372 g/mol. The minimum absolute atomic E-state index is 0.0911. The highest BCUT2D eigenvalue weighted by Gasteiger charge is 2.29. The molecule has 5 aromatic rings. The minimum Gasteiger partial charge on any atom is -0.443 e. The summed E-state index contributed by atoms with van der Waals surface area (Å²) >= 11 is 0. The lowest BCUT2D eigenvalue weighted by molar-refractivity contribution is 0.604. The van der Waals surface area contributed by atoms with Gasteiger partial charge in [0.15, 0.2) is 29.0 Å². The maximum absolute atomic E-state index is 13.1. The van der Waals surface area contributed by atoms with E-state index in [4.69, 9.17) is 10.2 Å². The number of benzene rings is 1. The van der Waals surface area contributed by atoms with Gasteiger partial charge in [-0.2, -0.15) is 5.10 Å². The Morgan fingerprint density at radius 2 is 2.11 bits per heavy atom. The third-order valence-corrected chi connectivity index (χ3v) is 5.57. The van der Waals surface area contributed by atoms with E-state index in [1.165, 1.54) is 6.39 Å². The molecule has 0 radical (unpaired) electrons. The molecule has 4 aromatic heterocycles. The molecule has 1 aromatic carbocycles. The van der Waals surface area contributed by atoms with E-state index in [0.717, 1.165) is 45.8 Å². The van der Waals surface area contributed by atoms with Crippen molar-refractivity contribution in [3.05, 3.63) is 46.7 Å². The third-order valence-electron chi connectivity index (χ3n) is 5.57. The summed E-state index contributed by atoms with van der Waals surface area (Å²) in [6.45, 7) is 2.03. The van der Waals surface area contributed by atoms with Gasteiger partial charge in [-0.25, -0.2) is 9.97 Å². The molecule has 8 nitrogen and oxygen atoms in total. The van der Waals surface area contributed by atoms with Crippen LogP contribution < -0.4 is 11.3 Å². The zero-order valence-electron chi connectivity index (χ0n) is 15.1. The van der Waals surface area contributed by atoms with E-state index in [2.05, 4.69) is 20.2 Å². The summed E-state index contributed by atoms with van der Waals surface area (Å²) in [7, 11) is 0. The van der Waals surface area contributed by atoms with E-state index in [9.17, 15) is 4.79 Å². The summed E-state index contributed by atoms with van der Waals surface area (Å²) in [6, 6.07) is 6.21. The van der Waals surface area contributed by atoms with Gasteiger partial charge in [-0.05, 0) is 43.0 Å². The quantitative estimate of drug-likeness (QED) is 0.491. The number of pyridine rings is 2. The Morgan fingerprint density at radius 3 is 2.93 bits per heavy atom. The average molecular weight is 372 g/mol. The SMILES string of the molecule is Cc1c(-c2cnc3[nH]nc(N)c3c2)ccc2c3ocnc3c(=O)n(C3CC3)c12. The minimum atomic E-state index is -0.0911. The fourth-order valence-electron chi connectivity index (χ4n) is 4.06. The van der Waals surface area contributed by atoms with Crippen molar-refractivity contribution in [2.24, 2.45) is 0 Å². The number of nitrogens with zero attached hydrogens (tertiary/aromatic N) is 4. The van der Waals surface area contributed by atoms with Crippen molar-refractivity contribution in [1.82, 2.24) is 24.7 Å². The molecule has 6 rings (SSSR count). The smallest absolute Gasteiger partial charge is 0.281 e. The number of H-pyrrole nitrogens is 1. The number of nitrogens with one attached hydrogen (secondary N) is 1. The van der Waals surface area contributed by atoms with E-state index in [1.807, 2.05) is 29.7 Å². The first-order valence-corrected chi connectivity index (χ1v) is 9.14. The number of aryl methyl sites for hydroxylation is 1. The van der Waals surface area contributed by atoms with Gasteiger partial charge in [0.2, 0.25) is 0 Å². The highest BCUT2D eigenvalue weighted by Crippen LogP contribution is 2.40. The number of aromatic amines is 1. The summed E-state index contributed by atoms with van der Waals surface area (Å²) in [6.07, 6.45) is 5.13. The van der Waals surface area contributed by atoms with Crippen LogP contribution in [0.2, 0.25) is 0 Å². The molecule has 28 heavy (non-hydrogen) atoms. The topological polar surface area (TPSA) is 116 Å². The lowest BCUT2D eigenvalue weighted by Crippen LogP contribution is -2.20. The number of anilines is 1.